The van der Waals surface area contributed by atoms with Crippen LogP contribution in [-0.2, 0) is 10.2 Å². The molecule has 1 saturated heterocycles. The smallest absolute Gasteiger partial charge is 0.244 e. The molecule has 2 aliphatic rings. The van der Waals surface area contributed by atoms with Crippen LogP contribution in [0, 0.1) is 0 Å². The molecule has 1 amide bonds. The molecule has 2 N–H and O–H groups in total. The van der Waals surface area contributed by atoms with Gasteiger partial charge in [0.1, 0.15) is 0 Å². The topological polar surface area (TPSA) is 44.4 Å². The van der Waals surface area contributed by atoms with Crippen LogP contribution in [0.1, 0.15) is 31.2 Å². The molecule has 4 nitrogen and oxygen atoms in total. The summed E-state index contributed by atoms with van der Waals surface area (Å²) in [5.41, 5.74) is 2.75. The van der Waals surface area contributed by atoms with E-state index in [1.807, 2.05) is 11.9 Å². The van der Waals surface area contributed by atoms with E-state index < -0.39 is 0 Å². The second kappa shape index (κ2) is 6.60. The first-order valence-electron chi connectivity index (χ1n) is 8.05. The number of carbonyl (C=O) groups excluding carboxylic acids is 1. The van der Waals surface area contributed by atoms with Crippen LogP contribution in [0.15, 0.2) is 24.3 Å². The van der Waals surface area contributed by atoms with E-state index in [-0.39, 0.29) is 11.9 Å². The molecular weight excluding hydrogens is 294 g/mol. The van der Waals surface area contributed by atoms with E-state index in [9.17, 15) is 4.79 Å². The Balaban J connectivity index is 1.73. The van der Waals surface area contributed by atoms with Crippen molar-refractivity contribution in [3.05, 3.63) is 29.8 Å². The van der Waals surface area contributed by atoms with Crippen molar-refractivity contribution < 1.29 is 4.79 Å². The van der Waals surface area contributed by atoms with Gasteiger partial charge in [0.25, 0.3) is 0 Å². The van der Waals surface area contributed by atoms with Crippen LogP contribution in [0.5, 0.6) is 0 Å². The minimum absolute atomic E-state index is 0.0334. The van der Waals surface area contributed by atoms with E-state index in [2.05, 4.69) is 40.6 Å². The highest BCUT2D eigenvalue weighted by Gasteiger charge is 2.43. The lowest BCUT2D eigenvalue weighted by atomic mass is 9.95. The van der Waals surface area contributed by atoms with Gasteiger partial charge < -0.3 is 10.2 Å². The first-order valence-corrected chi connectivity index (χ1v) is 9.28. The first kappa shape index (κ1) is 15.8. The van der Waals surface area contributed by atoms with Gasteiger partial charge in [-0.15, -0.1) is 0 Å². The van der Waals surface area contributed by atoms with Gasteiger partial charge in [0.05, 0.1) is 6.04 Å². The second-order valence-electron chi connectivity index (χ2n) is 6.33. The standard InChI is InChI=1S/C17H25N3OS/c1-18-15-4-3-11-20(16(15)21)14-7-5-13(6-8-14)17(9-10-17)12-19-22-2/h5-8,15,18-19H,3-4,9-12H2,1-2H3. The van der Waals surface area contributed by atoms with E-state index in [1.54, 1.807) is 11.9 Å². The highest BCUT2D eigenvalue weighted by molar-refractivity contribution is 7.96. The summed E-state index contributed by atoms with van der Waals surface area (Å²) in [6.45, 7) is 1.85. The third-order valence-electron chi connectivity index (χ3n) is 4.99. The molecule has 3 rings (SSSR count). The highest BCUT2D eigenvalue weighted by Crippen LogP contribution is 2.48. The lowest BCUT2D eigenvalue weighted by molar-refractivity contribution is -0.121. The van der Waals surface area contributed by atoms with Gasteiger partial charge in [-0.2, -0.15) is 0 Å². The molecule has 1 aliphatic carbocycles. The van der Waals surface area contributed by atoms with Gasteiger partial charge in [0.15, 0.2) is 0 Å². The molecule has 0 aromatic heterocycles. The Morgan fingerprint density at radius 1 is 1.32 bits per heavy atom. The van der Waals surface area contributed by atoms with Crippen molar-refractivity contribution in [2.75, 3.05) is 31.3 Å². The summed E-state index contributed by atoms with van der Waals surface area (Å²) < 4.78 is 3.39. The highest BCUT2D eigenvalue weighted by atomic mass is 32.2. The van der Waals surface area contributed by atoms with Crippen LogP contribution < -0.4 is 14.9 Å². The van der Waals surface area contributed by atoms with E-state index in [4.69, 9.17) is 0 Å². The lowest BCUT2D eigenvalue weighted by Crippen LogP contribution is -2.49. The van der Waals surface area contributed by atoms with Crippen molar-refractivity contribution in [3.8, 4) is 0 Å². The van der Waals surface area contributed by atoms with Crippen molar-refractivity contribution in [3.63, 3.8) is 0 Å². The van der Waals surface area contributed by atoms with Gasteiger partial charge in [0.2, 0.25) is 5.91 Å². The molecule has 22 heavy (non-hydrogen) atoms. The summed E-state index contributed by atoms with van der Waals surface area (Å²) in [7, 11) is 1.87. The number of amides is 1. The molecule has 0 spiro atoms. The summed E-state index contributed by atoms with van der Waals surface area (Å²) in [5, 5.41) is 3.12. The predicted molar refractivity (Wildman–Crippen MR) is 93.3 cm³/mol. The summed E-state index contributed by atoms with van der Waals surface area (Å²) in [6, 6.07) is 8.62. The van der Waals surface area contributed by atoms with E-state index in [0.29, 0.717) is 5.41 Å². The van der Waals surface area contributed by atoms with Crippen LogP contribution in [0.4, 0.5) is 5.69 Å². The maximum Gasteiger partial charge on any atom is 0.244 e. The molecule has 2 fully saturated rings. The van der Waals surface area contributed by atoms with Crippen molar-refractivity contribution in [1.29, 1.82) is 0 Å². The molecule has 0 bridgehead atoms. The summed E-state index contributed by atoms with van der Waals surface area (Å²) >= 11 is 1.68. The number of nitrogens with one attached hydrogen (secondary N) is 2. The number of likely N-dealkylation sites (N-methyl/N-ethyl adjacent to an activating group) is 1. The monoisotopic (exact) mass is 319 g/mol. The van der Waals surface area contributed by atoms with E-state index in [1.165, 1.54) is 18.4 Å². The van der Waals surface area contributed by atoms with Gasteiger partial charge in [-0.05, 0) is 56.7 Å². The molecule has 120 valence electrons. The van der Waals surface area contributed by atoms with Crippen LogP contribution >= 0.6 is 11.9 Å². The zero-order valence-electron chi connectivity index (χ0n) is 13.4. The minimum atomic E-state index is -0.0334. The Kier molecular flexibility index (Phi) is 4.76. The third kappa shape index (κ3) is 3.03. The molecule has 5 heteroatoms. The molecule has 1 aliphatic heterocycles. The fourth-order valence-electron chi connectivity index (χ4n) is 3.32. The lowest BCUT2D eigenvalue weighted by Gasteiger charge is -2.32. The maximum absolute atomic E-state index is 12.4. The Bertz CT molecular complexity index is 527. The minimum Gasteiger partial charge on any atom is -0.311 e. The number of hydrogen-bond donors (Lipinski definition) is 2. The molecule has 0 radical (unpaired) electrons. The maximum atomic E-state index is 12.4. The second-order valence-corrected chi connectivity index (χ2v) is 7.02. The van der Waals surface area contributed by atoms with Crippen molar-refractivity contribution in [2.45, 2.75) is 37.1 Å². The van der Waals surface area contributed by atoms with Crippen LogP contribution in [0.3, 0.4) is 0 Å². The zero-order valence-corrected chi connectivity index (χ0v) is 14.2. The largest absolute Gasteiger partial charge is 0.311 e. The van der Waals surface area contributed by atoms with Gasteiger partial charge in [-0.1, -0.05) is 24.1 Å². The van der Waals surface area contributed by atoms with Crippen molar-refractivity contribution >= 4 is 23.5 Å². The average Bonchev–Trinajstić information content (AvgIpc) is 3.34. The van der Waals surface area contributed by atoms with Gasteiger partial charge in [0, 0.05) is 24.2 Å². The zero-order chi connectivity index (χ0) is 15.6. The Morgan fingerprint density at radius 3 is 2.64 bits per heavy atom. The fourth-order valence-corrected chi connectivity index (χ4v) is 3.74. The molecule has 1 heterocycles. The Hall–Kier alpha value is -1.04. The number of benzene rings is 1. The summed E-state index contributed by atoms with van der Waals surface area (Å²) in [6.07, 6.45) is 6.57. The summed E-state index contributed by atoms with van der Waals surface area (Å²) in [4.78, 5) is 14.4. The Labute approximate surface area is 137 Å². The number of piperidine rings is 1. The number of anilines is 1. The molecular formula is C17H25N3OS. The summed E-state index contributed by atoms with van der Waals surface area (Å²) in [5.74, 6) is 0.201. The van der Waals surface area contributed by atoms with Crippen LogP contribution in [0.2, 0.25) is 0 Å². The molecule has 1 unspecified atom stereocenters. The van der Waals surface area contributed by atoms with Crippen LogP contribution in [0.25, 0.3) is 0 Å². The van der Waals surface area contributed by atoms with Gasteiger partial charge in [-0.25, -0.2) is 0 Å². The number of nitrogens with zero attached hydrogens (tertiary/aromatic N) is 1. The molecule has 1 atom stereocenters. The quantitative estimate of drug-likeness (QED) is 0.790. The van der Waals surface area contributed by atoms with Gasteiger partial charge >= 0.3 is 0 Å². The van der Waals surface area contributed by atoms with Crippen molar-refractivity contribution in [1.82, 2.24) is 10.0 Å². The fraction of sp³-hybridized carbons (Fsp3) is 0.588. The third-order valence-corrected chi connectivity index (χ3v) is 5.42. The average molecular weight is 319 g/mol. The number of rotatable bonds is 6. The van der Waals surface area contributed by atoms with Crippen LogP contribution in [-0.4, -0.2) is 38.3 Å². The van der Waals surface area contributed by atoms with Crippen molar-refractivity contribution in [2.24, 2.45) is 0 Å². The predicted octanol–water partition coefficient (Wildman–Crippen LogP) is 2.30. The number of hydrogen-bond acceptors (Lipinski definition) is 4. The number of carbonyl (C=O) groups is 1. The first-order chi connectivity index (χ1) is 10.7. The molecule has 1 aromatic carbocycles. The Morgan fingerprint density at radius 2 is 2.05 bits per heavy atom. The SMILES string of the molecule is CNC1CCCN(c2ccc(C3(CNSC)CC3)cc2)C1=O. The van der Waals surface area contributed by atoms with E-state index in [0.717, 1.165) is 31.6 Å². The molecule has 1 aromatic rings. The van der Waals surface area contributed by atoms with Gasteiger partial charge in [-0.3, -0.25) is 9.52 Å². The van der Waals surface area contributed by atoms with E-state index >= 15 is 0 Å². The molecule has 1 saturated carbocycles. The normalized spacial score (nSPS) is 23.6.